The molecule has 10 heteroatoms. The van der Waals surface area contributed by atoms with Gasteiger partial charge < -0.3 is 15.7 Å². The Morgan fingerprint density at radius 1 is 1.11 bits per heavy atom. The van der Waals surface area contributed by atoms with E-state index in [1.165, 1.54) is 0 Å². The monoisotopic (exact) mass is 543 g/mol. The highest BCUT2D eigenvalue weighted by atomic mass is 32.2. The zero-order valence-electron chi connectivity index (χ0n) is 21.0. The summed E-state index contributed by atoms with van der Waals surface area (Å²) in [6.07, 6.45) is 2.74. The second-order valence-corrected chi connectivity index (χ2v) is 11.8. The SMILES string of the molecule is CCc1ccc2c(c1)[C@@H](NC[C@@H](O)[C@H](Cc1cc(F)cc(F)c1)NC(=O)Cc1cccnc1)CS(=O)(=O)C2. The van der Waals surface area contributed by atoms with Crippen LogP contribution in [0, 0.1) is 11.6 Å². The summed E-state index contributed by atoms with van der Waals surface area (Å²) in [6.45, 7) is 1.97. The topological polar surface area (TPSA) is 108 Å². The summed E-state index contributed by atoms with van der Waals surface area (Å²) in [7, 11) is -3.35. The van der Waals surface area contributed by atoms with E-state index in [9.17, 15) is 27.1 Å². The number of aliphatic hydroxyl groups is 1. The van der Waals surface area contributed by atoms with Crippen molar-refractivity contribution in [3.63, 3.8) is 0 Å². The molecule has 202 valence electrons. The molecule has 3 aromatic rings. The minimum Gasteiger partial charge on any atom is -0.390 e. The van der Waals surface area contributed by atoms with Crippen LogP contribution in [0.4, 0.5) is 8.78 Å². The van der Waals surface area contributed by atoms with Crippen molar-refractivity contribution in [3.8, 4) is 0 Å². The van der Waals surface area contributed by atoms with Crippen LogP contribution in [-0.4, -0.2) is 48.9 Å². The molecule has 1 amide bonds. The second kappa shape index (κ2) is 12.1. The largest absolute Gasteiger partial charge is 0.390 e. The van der Waals surface area contributed by atoms with Crippen LogP contribution in [0.2, 0.25) is 0 Å². The summed E-state index contributed by atoms with van der Waals surface area (Å²) in [5, 5.41) is 17.0. The van der Waals surface area contributed by atoms with Gasteiger partial charge in [-0.05, 0) is 58.9 Å². The molecule has 0 saturated heterocycles. The number of carbonyl (C=O) groups is 1. The summed E-state index contributed by atoms with van der Waals surface area (Å²) in [4.78, 5) is 16.8. The molecule has 0 aliphatic carbocycles. The molecule has 1 aliphatic heterocycles. The summed E-state index contributed by atoms with van der Waals surface area (Å²) < 4.78 is 52.7. The Labute approximate surface area is 221 Å². The third kappa shape index (κ3) is 7.43. The average molecular weight is 544 g/mol. The fourth-order valence-corrected chi connectivity index (χ4v) is 6.41. The number of sulfone groups is 1. The maximum atomic E-state index is 13.8. The summed E-state index contributed by atoms with van der Waals surface area (Å²) >= 11 is 0. The number of fused-ring (bicyclic) bond motifs is 1. The van der Waals surface area contributed by atoms with Gasteiger partial charge in [-0.3, -0.25) is 9.78 Å². The molecule has 2 heterocycles. The Morgan fingerprint density at radius 2 is 1.87 bits per heavy atom. The number of hydrogen-bond acceptors (Lipinski definition) is 6. The van der Waals surface area contributed by atoms with Crippen LogP contribution in [0.25, 0.3) is 0 Å². The molecular formula is C28H31F2N3O4S. The van der Waals surface area contributed by atoms with Gasteiger partial charge in [-0.1, -0.05) is 31.2 Å². The fraction of sp³-hybridized carbons (Fsp3) is 0.357. The first-order chi connectivity index (χ1) is 18.1. The van der Waals surface area contributed by atoms with E-state index < -0.39 is 45.6 Å². The number of aliphatic hydroxyl groups excluding tert-OH is 1. The van der Waals surface area contributed by atoms with Gasteiger partial charge in [0.25, 0.3) is 0 Å². The number of benzene rings is 2. The molecule has 7 nitrogen and oxygen atoms in total. The lowest BCUT2D eigenvalue weighted by atomic mass is 9.97. The van der Waals surface area contributed by atoms with Gasteiger partial charge in [0.05, 0.1) is 30.1 Å². The third-order valence-corrected chi connectivity index (χ3v) is 8.23. The lowest BCUT2D eigenvalue weighted by Crippen LogP contribution is -2.50. The van der Waals surface area contributed by atoms with Crippen LogP contribution in [0.15, 0.2) is 60.9 Å². The molecule has 38 heavy (non-hydrogen) atoms. The zero-order valence-corrected chi connectivity index (χ0v) is 21.8. The quantitative estimate of drug-likeness (QED) is 0.363. The van der Waals surface area contributed by atoms with E-state index in [0.29, 0.717) is 5.56 Å². The van der Waals surface area contributed by atoms with Gasteiger partial charge in [-0.25, -0.2) is 17.2 Å². The van der Waals surface area contributed by atoms with Gasteiger partial charge in [0.15, 0.2) is 9.84 Å². The molecule has 0 unspecified atom stereocenters. The Hall–Kier alpha value is -3.21. The molecule has 0 spiro atoms. The van der Waals surface area contributed by atoms with Crippen molar-refractivity contribution in [2.45, 2.75) is 50.1 Å². The van der Waals surface area contributed by atoms with E-state index in [4.69, 9.17) is 0 Å². The van der Waals surface area contributed by atoms with Gasteiger partial charge in [-0.15, -0.1) is 0 Å². The molecule has 0 fully saturated rings. The number of hydrogen-bond donors (Lipinski definition) is 3. The minimum absolute atomic E-state index is 0.00996. The van der Waals surface area contributed by atoms with Crippen molar-refractivity contribution in [1.82, 2.24) is 15.6 Å². The van der Waals surface area contributed by atoms with Crippen LogP contribution < -0.4 is 10.6 Å². The Kier molecular flexibility index (Phi) is 8.86. The van der Waals surface area contributed by atoms with E-state index in [-0.39, 0.29) is 36.5 Å². The number of amides is 1. The van der Waals surface area contributed by atoms with E-state index in [1.54, 1.807) is 24.5 Å². The average Bonchev–Trinajstić information content (AvgIpc) is 2.86. The molecule has 2 aromatic carbocycles. The highest BCUT2D eigenvalue weighted by Gasteiger charge is 2.31. The molecule has 4 rings (SSSR count). The van der Waals surface area contributed by atoms with Crippen LogP contribution in [0.5, 0.6) is 0 Å². The normalized spacial score (nSPS) is 17.8. The van der Waals surface area contributed by atoms with Crippen LogP contribution in [-0.2, 0) is 39.6 Å². The van der Waals surface area contributed by atoms with Crippen molar-refractivity contribution in [3.05, 3.63) is 100 Å². The third-order valence-electron chi connectivity index (χ3n) is 6.64. The molecule has 3 atom stereocenters. The Balaban J connectivity index is 1.51. The predicted molar refractivity (Wildman–Crippen MR) is 140 cm³/mol. The number of nitrogens with one attached hydrogen (secondary N) is 2. The summed E-state index contributed by atoms with van der Waals surface area (Å²) in [5.41, 5.74) is 3.60. The number of nitrogens with zero attached hydrogens (tertiary/aromatic N) is 1. The molecule has 1 aromatic heterocycles. The van der Waals surface area contributed by atoms with Crippen molar-refractivity contribution in [2.75, 3.05) is 12.3 Å². The molecule has 3 N–H and O–H groups in total. The summed E-state index contributed by atoms with van der Waals surface area (Å²) in [6, 6.07) is 10.8. The Bertz CT molecular complexity index is 1370. The second-order valence-electron chi connectivity index (χ2n) is 9.66. The lowest BCUT2D eigenvalue weighted by Gasteiger charge is -2.30. The number of carbonyl (C=O) groups excluding carboxylic acids is 1. The van der Waals surface area contributed by atoms with E-state index >= 15 is 0 Å². The van der Waals surface area contributed by atoms with Gasteiger partial charge in [0.1, 0.15) is 11.6 Å². The first-order valence-corrected chi connectivity index (χ1v) is 14.3. The fourth-order valence-electron chi connectivity index (χ4n) is 4.75. The highest BCUT2D eigenvalue weighted by Crippen LogP contribution is 2.29. The minimum atomic E-state index is -3.35. The van der Waals surface area contributed by atoms with Crippen LogP contribution in [0.3, 0.4) is 0 Å². The number of aromatic nitrogens is 1. The number of pyridine rings is 1. The number of halogens is 2. The molecule has 0 bridgehead atoms. The van der Waals surface area contributed by atoms with E-state index in [2.05, 4.69) is 15.6 Å². The molecule has 0 saturated carbocycles. The highest BCUT2D eigenvalue weighted by molar-refractivity contribution is 7.90. The standard InChI is InChI=1S/C28H31F2N3O4S/c1-2-18-5-6-21-16-38(36,37)17-26(24(21)10-18)32-15-27(34)25(11-20-8-22(29)13-23(30)9-20)33-28(35)12-19-4-3-7-31-14-19/h3-10,13-14,25-27,32,34H,2,11-12,15-17H2,1H3,(H,33,35)/t25-,26-,27+/m0/s1. The zero-order chi connectivity index (χ0) is 27.3. The summed E-state index contributed by atoms with van der Waals surface area (Å²) in [5.74, 6) is -2.07. The predicted octanol–water partition coefficient (Wildman–Crippen LogP) is 2.81. The van der Waals surface area contributed by atoms with Gasteiger partial charge >= 0.3 is 0 Å². The lowest BCUT2D eigenvalue weighted by molar-refractivity contribution is -0.122. The molecule has 0 radical (unpaired) electrons. The van der Waals surface area contributed by atoms with Crippen LogP contribution >= 0.6 is 0 Å². The maximum Gasteiger partial charge on any atom is 0.224 e. The van der Waals surface area contributed by atoms with Crippen molar-refractivity contribution in [2.24, 2.45) is 0 Å². The molecule has 1 aliphatic rings. The maximum absolute atomic E-state index is 13.8. The number of rotatable bonds is 10. The van der Waals surface area contributed by atoms with Crippen molar-refractivity contribution >= 4 is 15.7 Å². The molecular weight excluding hydrogens is 512 g/mol. The Morgan fingerprint density at radius 3 is 2.55 bits per heavy atom. The van der Waals surface area contributed by atoms with E-state index in [1.807, 2.05) is 25.1 Å². The van der Waals surface area contributed by atoms with Crippen molar-refractivity contribution < 1.29 is 27.1 Å². The number of aryl methyl sites for hydroxylation is 1. The van der Waals surface area contributed by atoms with Crippen molar-refractivity contribution in [1.29, 1.82) is 0 Å². The van der Waals surface area contributed by atoms with Gasteiger partial charge in [-0.2, -0.15) is 0 Å². The first kappa shape index (κ1) is 27.8. The first-order valence-electron chi connectivity index (χ1n) is 12.5. The van der Waals surface area contributed by atoms with Crippen LogP contribution in [0.1, 0.15) is 40.8 Å². The van der Waals surface area contributed by atoms with Gasteiger partial charge in [0, 0.05) is 31.0 Å². The van der Waals surface area contributed by atoms with Gasteiger partial charge in [0.2, 0.25) is 5.91 Å². The van der Waals surface area contributed by atoms with E-state index in [0.717, 1.165) is 41.3 Å². The smallest absolute Gasteiger partial charge is 0.224 e.